The van der Waals surface area contributed by atoms with Crippen LogP contribution < -0.4 is 5.32 Å². The maximum atomic E-state index is 3.54. The standard InChI is InChI=1S/C15H29N3S/c1-5-18(6-2)12-10-16-9-11-17(4)14(3)15-8-7-13-19-15/h7-8,13-14,16H,5-6,9-12H2,1-4H3. The van der Waals surface area contributed by atoms with Crippen LogP contribution in [-0.4, -0.2) is 56.1 Å². The van der Waals surface area contributed by atoms with E-state index in [1.54, 1.807) is 0 Å². The molecule has 110 valence electrons. The van der Waals surface area contributed by atoms with E-state index in [4.69, 9.17) is 0 Å². The molecule has 0 aromatic carbocycles. The van der Waals surface area contributed by atoms with Crippen LogP contribution in [-0.2, 0) is 0 Å². The lowest BCUT2D eigenvalue weighted by molar-refractivity contribution is 0.258. The smallest absolute Gasteiger partial charge is 0.0410 e. The van der Waals surface area contributed by atoms with Crippen LogP contribution in [0.1, 0.15) is 31.7 Å². The molecule has 0 saturated heterocycles. The lowest BCUT2D eigenvalue weighted by atomic mass is 10.2. The highest BCUT2D eigenvalue weighted by Gasteiger charge is 2.11. The number of hydrogen-bond donors (Lipinski definition) is 1. The van der Waals surface area contributed by atoms with E-state index < -0.39 is 0 Å². The van der Waals surface area contributed by atoms with E-state index in [1.165, 1.54) is 4.88 Å². The molecule has 0 aliphatic rings. The Kier molecular flexibility index (Phi) is 8.30. The minimum absolute atomic E-state index is 0.518. The minimum atomic E-state index is 0.518. The van der Waals surface area contributed by atoms with Crippen molar-refractivity contribution in [1.29, 1.82) is 0 Å². The van der Waals surface area contributed by atoms with Gasteiger partial charge in [-0.15, -0.1) is 11.3 Å². The van der Waals surface area contributed by atoms with Crippen molar-refractivity contribution in [2.24, 2.45) is 0 Å². The molecule has 0 fully saturated rings. The maximum absolute atomic E-state index is 3.54. The summed E-state index contributed by atoms with van der Waals surface area (Å²) in [5, 5.41) is 5.69. The lowest BCUT2D eigenvalue weighted by Crippen LogP contribution is -2.36. The fraction of sp³-hybridized carbons (Fsp3) is 0.733. The van der Waals surface area contributed by atoms with Gasteiger partial charge in [-0.1, -0.05) is 19.9 Å². The Balaban J connectivity index is 2.12. The molecule has 19 heavy (non-hydrogen) atoms. The van der Waals surface area contributed by atoms with Gasteiger partial charge >= 0.3 is 0 Å². The van der Waals surface area contributed by atoms with Crippen molar-refractivity contribution in [2.75, 3.05) is 46.3 Å². The van der Waals surface area contributed by atoms with Crippen LogP contribution in [0.3, 0.4) is 0 Å². The summed E-state index contributed by atoms with van der Waals surface area (Å²) in [5.74, 6) is 0. The van der Waals surface area contributed by atoms with Crippen molar-refractivity contribution in [3.05, 3.63) is 22.4 Å². The average molecular weight is 283 g/mol. The van der Waals surface area contributed by atoms with E-state index in [9.17, 15) is 0 Å². The first kappa shape index (κ1) is 16.6. The van der Waals surface area contributed by atoms with Crippen LogP contribution in [0.4, 0.5) is 0 Å². The summed E-state index contributed by atoms with van der Waals surface area (Å²) in [6.45, 7) is 13.4. The molecule has 1 atom stereocenters. The third-order valence-corrected chi connectivity index (χ3v) is 4.80. The molecular formula is C15H29N3S. The van der Waals surface area contributed by atoms with Gasteiger partial charge in [-0.3, -0.25) is 4.90 Å². The monoisotopic (exact) mass is 283 g/mol. The summed E-state index contributed by atoms with van der Waals surface area (Å²) in [6, 6.07) is 4.87. The highest BCUT2D eigenvalue weighted by atomic mass is 32.1. The Morgan fingerprint density at radius 3 is 2.47 bits per heavy atom. The van der Waals surface area contributed by atoms with E-state index in [2.05, 4.69) is 60.4 Å². The molecule has 0 aliphatic carbocycles. The minimum Gasteiger partial charge on any atom is -0.314 e. The van der Waals surface area contributed by atoms with Gasteiger partial charge in [-0.05, 0) is 38.5 Å². The highest BCUT2D eigenvalue weighted by molar-refractivity contribution is 7.10. The SMILES string of the molecule is CCN(CC)CCNCCN(C)C(C)c1cccs1. The molecule has 0 amide bonds. The molecule has 1 rings (SSSR count). The summed E-state index contributed by atoms with van der Waals surface area (Å²) in [5.41, 5.74) is 0. The van der Waals surface area contributed by atoms with Crippen molar-refractivity contribution in [2.45, 2.75) is 26.8 Å². The van der Waals surface area contributed by atoms with Crippen molar-refractivity contribution in [3.63, 3.8) is 0 Å². The van der Waals surface area contributed by atoms with Gasteiger partial charge in [0, 0.05) is 37.1 Å². The molecule has 1 heterocycles. The number of likely N-dealkylation sites (N-methyl/N-ethyl adjacent to an activating group) is 2. The second-order valence-electron chi connectivity index (χ2n) is 4.95. The molecule has 0 radical (unpaired) electrons. The molecule has 4 heteroatoms. The quantitative estimate of drug-likeness (QED) is 0.666. The zero-order chi connectivity index (χ0) is 14.1. The molecule has 1 unspecified atom stereocenters. The van der Waals surface area contributed by atoms with Crippen molar-refractivity contribution in [3.8, 4) is 0 Å². The number of nitrogens with zero attached hydrogens (tertiary/aromatic N) is 2. The van der Waals surface area contributed by atoms with Crippen LogP contribution in [0.5, 0.6) is 0 Å². The van der Waals surface area contributed by atoms with E-state index in [0.717, 1.165) is 39.3 Å². The first-order valence-corrected chi connectivity index (χ1v) is 8.23. The van der Waals surface area contributed by atoms with Crippen LogP contribution in [0.25, 0.3) is 0 Å². The molecule has 1 aromatic heterocycles. The molecule has 3 nitrogen and oxygen atoms in total. The molecule has 0 spiro atoms. The van der Waals surface area contributed by atoms with E-state index >= 15 is 0 Å². The van der Waals surface area contributed by atoms with Gasteiger partial charge < -0.3 is 10.2 Å². The Bertz CT molecular complexity index is 309. The Labute approximate surface area is 122 Å². The summed E-state index contributed by atoms with van der Waals surface area (Å²) < 4.78 is 0. The lowest BCUT2D eigenvalue weighted by Gasteiger charge is -2.24. The second-order valence-corrected chi connectivity index (χ2v) is 5.93. The van der Waals surface area contributed by atoms with Gasteiger partial charge in [0.15, 0.2) is 0 Å². The molecule has 0 aliphatic heterocycles. The predicted octanol–water partition coefficient (Wildman–Crippen LogP) is 2.67. The van der Waals surface area contributed by atoms with Crippen molar-refractivity contribution < 1.29 is 0 Å². The summed E-state index contributed by atoms with van der Waals surface area (Å²) in [4.78, 5) is 6.31. The van der Waals surface area contributed by atoms with Gasteiger partial charge in [0.25, 0.3) is 0 Å². The largest absolute Gasteiger partial charge is 0.314 e. The number of thiophene rings is 1. The average Bonchev–Trinajstić information content (AvgIpc) is 2.95. The summed E-state index contributed by atoms with van der Waals surface area (Å²) in [7, 11) is 2.20. The van der Waals surface area contributed by atoms with Gasteiger partial charge in [0.1, 0.15) is 0 Å². The van der Waals surface area contributed by atoms with Crippen LogP contribution in [0.15, 0.2) is 17.5 Å². The molecule has 0 bridgehead atoms. The van der Waals surface area contributed by atoms with Gasteiger partial charge in [0.2, 0.25) is 0 Å². The van der Waals surface area contributed by atoms with Gasteiger partial charge in [0.05, 0.1) is 0 Å². The third kappa shape index (κ3) is 6.04. The van der Waals surface area contributed by atoms with Gasteiger partial charge in [-0.2, -0.15) is 0 Å². The zero-order valence-electron chi connectivity index (χ0n) is 12.9. The normalized spacial score (nSPS) is 13.4. The number of hydrogen-bond acceptors (Lipinski definition) is 4. The second kappa shape index (κ2) is 9.48. The molecular weight excluding hydrogens is 254 g/mol. The maximum Gasteiger partial charge on any atom is 0.0410 e. The summed E-state index contributed by atoms with van der Waals surface area (Å²) in [6.07, 6.45) is 0. The third-order valence-electron chi connectivity index (χ3n) is 3.76. The number of rotatable bonds is 10. The number of nitrogens with one attached hydrogen (secondary N) is 1. The molecule has 1 N–H and O–H groups in total. The first-order chi connectivity index (χ1) is 9.19. The molecule has 0 saturated carbocycles. The van der Waals surface area contributed by atoms with Crippen LogP contribution in [0.2, 0.25) is 0 Å². The zero-order valence-corrected chi connectivity index (χ0v) is 13.7. The topological polar surface area (TPSA) is 18.5 Å². The first-order valence-electron chi connectivity index (χ1n) is 7.35. The fourth-order valence-electron chi connectivity index (χ4n) is 2.10. The van der Waals surface area contributed by atoms with E-state index in [1.807, 2.05) is 11.3 Å². The fourth-order valence-corrected chi connectivity index (χ4v) is 2.95. The van der Waals surface area contributed by atoms with Gasteiger partial charge in [-0.25, -0.2) is 0 Å². The van der Waals surface area contributed by atoms with E-state index in [-0.39, 0.29) is 0 Å². The van der Waals surface area contributed by atoms with Crippen molar-refractivity contribution in [1.82, 2.24) is 15.1 Å². The Morgan fingerprint density at radius 2 is 1.89 bits per heavy atom. The van der Waals surface area contributed by atoms with E-state index in [0.29, 0.717) is 6.04 Å². The van der Waals surface area contributed by atoms with Crippen molar-refractivity contribution >= 4 is 11.3 Å². The van der Waals surface area contributed by atoms with Crippen LogP contribution >= 0.6 is 11.3 Å². The summed E-state index contributed by atoms with van der Waals surface area (Å²) >= 11 is 1.84. The predicted molar refractivity (Wildman–Crippen MR) is 86.0 cm³/mol. The Morgan fingerprint density at radius 1 is 1.21 bits per heavy atom. The van der Waals surface area contributed by atoms with Crippen LogP contribution in [0, 0.1) is 0 Å². The highest BCUT2D eigenvalue weighted by Crippen LogP contribution is 2.22. The molecule has 1 aromatic rings. The Hall–Kier alpha value is -0.420.